The van der Waals surface area contributed by atoms with Crippen LogP contribution < -0.4 is 0 Å². The third-order valence-corrected chi connectivity index (χ3v) is 3.50. The molecular weight excluding hydrogens is 278 g/mol. The van der Waals surface area contributed by atoms with Crippen molar-refractivity contribution >= 4 is 22.6 Å². The van der Waals surface area contributed by atoms with Gasteiger partial charge in [0, 0.05) is 16.6 Å². The predicted molar refractivity (Wildman–Crippen MR) is 76.7 cm³/mol. The summed E-state index contributed by atoms with van der Waals surface area (Å²) in [6.07, 6.45) is 0. The Balaban J connectivity index is 2.23. The van der Waals surface area contributed by atoms with E-state index >= 15 is 0 Å². The standard InChI is InChI=1S/C14H12ClN3O2/c1-7-13-9(6-19)5-11(16-14(13)18-17-7)8-2-3-12(20)10(15)4-8/h2-5,19-20H,6H2,1H3,(H,16,17,18). The van der Waals surface area contributed by atoms with Gasteiger partial charge in [-0.1, -0.05) is 11.6 Å². The number of aliphatic hydroxyl groups excluding tert-OH is 1. The van der Waals surface area contributed by atoms with E-state index in [-0.39, 0.29) is 17.4 Å². The highest BCUT2D eigenvalue weighted by molar-refractivity contribution is 6.32. The normalized spacial score (nSPS) is 11.2. The molecule has 0 spiro atoms. The Labute approximate surface area is 119 Å². The van der Waals surface area contributed by atoms with E-state index in [1.54, 1.807) is 18.2 Å². The molecule has 0 bridgehead atoms. The van der Waals surface area contributed by atoms with Crippen molar-refractivity contribution < 1.29 is 10.2 Å². The maximum absolute atomic E-state index is 9.51. The molecule has 20 heavy (non-hydrogen) atoms. The number of aromatic nitrogens is 3. The van der Waals surface area contributed by atoms with Crippen LogP contribution in [0.5, 0.6) is 5.75 Å². The molecule has 2 aromatic heterocycles. The Hall–Kier alpha value is -2.11. The summed E-state index contributed by atoms with van der Waals surface area (Å²) in [5, 5.41) is 27.0. The molecule has 0 amide bonds. The van der Waals surface area contributed by atoms with Crippen LogP contribution in [0.1, 0.15) is 11.3 Å². The van der Waals surface area contributed by atoms with Crippen molar-refractivity contribution in [2.75, 3.05) is 0 Å². The molecule has 5 nitrogen and oxygen atoms in total. The minimum absolute atomic E-state index is 0.0227. The minimum atomic E-state index is -0.0990. The number of halogens is 1. The molecule has 0 aliphatic carbocycles. The zero-order chi connectivity index (χ0) is 14.3. The summed E-state index contributed by atoms with van der Waals surface area (Å²) in [6.45, 7) is 1.78. The lowest BCUT2D eigenvalue weighted by molar-refractivity contribution is 0.283. The van der Waals surface area contributed by atoms with Crippen molar-refractivity contribution in [3.63, 3.8) is 0 Å². The van der Waals surface area contributed by atoms with Crippen molar-refractivity contribution in [1.82, 2.24) is 15.2 Å². The maximum Gasteiger partial charge on any atom is 0.182 e. The maximum atomic E-state index is 9.51. The Morgan fingerprint density at radius 3 is 2.80 bits per heavy atom. The molecule has 3 rings (SSSR count). The number of benzene rings is 1. The van der Waals surface area contributed by atoms with Crippen molar-refractivity contribution in [3.8, 4) is 17.0 Å². The molecule has 0 radical (unpaired) electrons. The number of nitrogens with zero attached hydrogens (tertiary/aromatic N) is 2. The second-order valence-electron chi connectivity index (χ2n) is 4.54. The number of nitrogens with one attached hydrogen (secondary N) is 1. The van der Waals surface area contributed by atoms with Crippen LogP contribution in [0.2, 0.25) is 5.02 Å². The summed E-state index contributed by atoms with van der Waals surface area (Å²) in [5.74, 6) is 0.0227. The summed E-state index contributed by atoms with van der Waals surface area (Å²) in [4.78, 5) is 4.45. The number of H-pyrrole nitrogens is 1. The van der Waals surface area contributed by atoms with E-state index in [2.05, 4.69) is 15.2 Å². The van der Waals surface area contributed by atoms with Gasteiger partial charge in [0.15, 0.2) is 5.65 Å². The van der Waals surface area contributed by atoms with E-state index in [0.29, 0.717) is 11.3 Å². The second-order valence-corrected chi connectivity index (χ2v) is 4.95. The third kappa shape index (κ3) is 2.01. The minimum Gasteiger partial charge on any atom is -0.506 e. The lowest BCUT2D eigenvalue weighted by atomic mass is 10.1. The molecule has 0 saturated heterocycles. The van der Waals surface area contributed by atoms with Crippen LogP contribution in [-0.2, 0) is 6.61 Å². The monoisotopic (exact) mass is 289 g/mol. The summed E-state index contributed by atoms with van der Waals surface area (Å²) in [6, 6.07) is 6.66. The fourth-order valence-corrected chi connectivity index (χ4v) is 2.38. The topological polar surface area (TPSA) is 82.0 Å². The number of hydrogen-bond donors (Lipinski definition) is 3. The number of phenols is 1. The van der Waals surface area contributed by atoms with E-state index in [9.17, 15) is 10.2 Å². The van der Waals surface area contributed by atoms with Crippen LogP contribution in [0.3, 0.4) is 0 Å². The molecule has 0 aliphatic heterocycles. The first kappa shape index (κ1) is 12.9. The fourth-order valence-electron chi connectivity index (χ4n) is 2.20. The van der Waals surface area contributed by atoms with E-state index in [1.165, 1.54) is 6.07 Å². The Morgan fingerprint density at radius 2 is 2.10 bits per heavy atom. The number of pyridine rings is 1. The Kier molecular flexibility index (Phi) is 3.08. The van der Waals surface area contributed by atoms with Gasteiger partial charge in [-0.15, -0.1) is 0 Å². The van der Waals surface area contributed by atoms with Gasteiger partial charge in [-0.2, -0.15) is 5.10 Å². The predicted octanol–water partition coefficient (Wildman–Crippen LogP) is 2.78. The Bertz CT molecular complexity index is 798. The molecule has 0 unspecified atom stereocenters. The van der Waals surface area contributed by atoms with Gasteiger partial charge in [0.05, 0.1) is 17.3 Å². The van der Waals surface area contributed by atoms with Crippen LogP contribution in [-0.4, -0.2) is 25.4 Å². The molecular formula is C14H12ClN3O2. The number of aromatic amines is 1. The van der Waals surface area contributed by atoms with Gasteiger partial charge in [0.1, 0.15) is 5.75 Å². The van der Waals surface area contributed by atoms with Crippen LogP contribution in [0, 0.1) is 6.92 Å². The molecule has 1 aromatic carbocycles. The van der Waals surface area contributed by atoms with Crippen LogP contribution in [0.25, 0.3) is 22.3 Å². The quantitative estimate of drug-likeness (QED) is 0.677. The highest BCUT2D eigenvalue weighted by Crippen LogP contribution is 2.30. The first-order valence-electron chi connectivity index (χ1n) is 6.04. The summed E-state index contributed by atoms with van der Waals surface area (Å²) in [5.41, 5.74) is 3.57. The highest BCUT2D eigenvalue weighted by Gasteiger charge is 2.12. The second kappa shape index (κ2) is 4.77. The number of phenolic OH excluding ortho intramolecular Hbond substituents is 1. The number of aromatic hydroxyl groups is 1. The number of hydrogen-bond acceptors (Lipinski definition) is 4. The van der Waals surface area contributed by atoms with E-state index < -0.39 is 0 Å². The van der Waals surface area contributed by atoms with Crippen molar-refractivity contribution in [2.45, 2.75) is 13.5 Å². The number of aryl methyl sites for hydroxylation is 1. The molecule has 0 fully saturated rings. The molecule has 6 heteroatoms. The highest BCUT2D eigenvalue weighted by atomic mass is 35.5. The van der Waals surface area contributed by atoms with Gasteiger partial charge >= 0.3 is 0 Å². The van der Waals surface area contributed by atoms with Gasteiger partial charge in [-0.3, -0.25) is 5.10 Å². The lowest BCUT2D eigenvalue weighted by Gasteiger charge is -2.06. The van der Waals surface area contributed by atoms with E-state index in [1.807, 2.05) is 6.92 Å². The molecule has 3 aromatic rings. The smallest absolute Gasteiger partial charge is 0.182 e. The summed E-state index contributed by atoms with van der Waals surface area (Å²) >= 11 is 5.91. The first-order chi connectivity index (χ1) is 9.60. The zero-order valence-corrected chi connectivity index (χ0v) is 11.4. The third-order valence-electron chi connectivity index (χ3n) is 3.20. The fraction of sp³-hybridized carbons (Fsp3) is 0.143. The van der Waals surface area contributed by atoms with Gasteiger partial charge in [0.2, 0.25) is 0 Å². The van der Waals surface area contributed by atoms with E-state index in [4.69, 9.17) is 11.6 Å². The van der Waals surface area contributed by atoms with Gasteiger partial charge < -0.3 is 10.2 Å². The molecule has 0 atom stereocenters. The molecule has 2 heterocycles. The number of rotatable bonds is 2. The van der Waals surface area contributed by atoms with Gasteiger partial charge in [0.25, 0.3) is 0 Å². The van der Waals surface area contributed by atoms with Crippen molar-refractivity contribution in [3.05, 3.63) is 40.5 Å². The van der Waals surface area contributed by atoms with Crippen LogP contribution >= 0.6 is 11.6 Å². The van der Waals surface area contributed by atoms with Crippen molar-refractivity contribution in [1.29, 1.82) is 0 Å². The van der Waals surface area contributed by atoms with Gasteiger partial charge in [-0.05, 0) is 36.8 Å². The molecule has 102 valence electrons. The van der Waals surface area contributed by atoms with Crippen LogP contribution in [0.15, 0.2) is 24.3 Å². The van der Waals surface area contributed by atoms with Gasteiger partial charge in [-0.25, -0.2) is 4.98 Å². The van der Waals surface area contributed by atoms with Crippen molar-refractivity contribution in [2.24, 2.45) is 0 Å². The molecule has 0 saturated carbocycles. The first-order valence-corrected chi connectivity index (χ1v) is 6.42. The number of fused-ring (bicyclic) bond motifs is 1. The lowest BCUT2D eigenvalue weighted by Crippen LogP contribution is -1.92. The summed E-state index contributed by atoms with van der Waals surface area (Å²) in [7, 11) is 0. The number of aliphatic hydroxyl groups is 1. The average molecular weight is 290 g/mol. The summed E-state index contributed by atoms with van der Waals surface area (Å²) < 4.78 is 0. The zero-order valence-electron chi connectivity index (χ0n) is 10.7. The SMILES string of the molecule is Cc1[nH]nc2nc(-c3ccc(O)c(Cl)c3)cc(CO)c12. The molecule has 0 aliphatic rings. The Morgan fingerprint density at radius 1 is 1.30 bits per heavy atom. The van der Waals surface area contributed by atoms with Crippen LogP contribution in [0.4, 0.5) is 0 Å². The molecule has 3 N–H and O–H groups in total. The van der Waals surface area contributed by atoms with E-state index in [0.717, 1.165) is 22.2 Å². The largest absolute Gasteiger partial charge is 0.506 e. The average Bonchev–Trinajstić information content (AvgIpc) is 2.82.